The van der Waals surface area contributed by atoms with Gasteiger partial charge in [0.2, 0.25) is 0 Å². The third kappa shape index (κ3) is 4.35. The van der Waals surface area contributed by atoms with Crippen LogP contribution in [0.3, 0.4) is 0 Å². The SMILES string of the molecule is CCOC(CC1(C)Cc2cnn(-c3ccc(F)cc3)c2C=C1C(F)(F)F)c1ccccc1. The Morgan fingerprint density at radius 1 is 1.09 bits per heavy atom. The highest BCUT2D eigenvalue weighted by molar-refractivity contribution is 5.62. The number of ether oxygens (including phenoxy) is 1. The van der Waals surface area contributed by atoms with Crippen molar-refractivity contribution in [2.75, 3.05) is 6.61 Å². The van der Waals surface area contributed by atoms with Gasteiger partial charge in [-0.2, -0.15) is 18.3 Å². The molecule has 0 fully saturated rings. The van der Waals surface area contributed by atoms with Crippen LogP contribution in [0.2, 0.25) is 0 Å². The van der Waals surface area contributed by atoms with Gasteiger partial charge in [-0.1, -0.05) is 37.3 Å². The number of allylic oxidation sites excluding steroid dienone is 1. The van der Waals surface area contributed by atoms with Gasteiger partial charge in [-0.25, -0.2) is 9.07 Å². The Labute approximate surface area is 184 Å². The minimum atomic E-state index is -4.52. The lowest BCUT2D eigenvalue weighted by molar-refractivity contribution is -0.109. The normalized spacial score (nSPS) is 19.4. The molecule has 7 heteroatoms. The summed E-state index contributed by atoms with van der Waals surface area (Å²) in [6.45, 7) is 3.87. The smallest absolute Gasteiger partial charge is 0.374 e. The van der Waals surface area contributed by atoms with Gasteiger partial charge in [-0.05, 0) is 61.2 Å². The van der Waals surface area contributed by atoms with Gasteiger partial charge >= 0.3 is 6.18 Å². The van der Waals surface area contributed by atoms with Crippen LogP contribution in [0.5, 0.6) is 0 Å². The molecule has 2 unspecified atom stereocenters. The van der Waals surface area contributed by atoms with Crippen molar-refractivity contribution in [3.8, 4) is 5.69 Å². The van der Waals surface area contributed by atoms with Crippen molar-refractivity contribution in [1.82, 2.24) is 9.78 Å². The maximum atomic E-state index is 14.3. The van der Waals surface area contributed by atoms with Crippen molar-refractivity contribution in [2.24, 2.45) is 5.41 Å². The summed E-state index contributed by atoms with van der Waals surface area (Å²) in [6.07, 6.45) is -1.85. The van der Waals surface area contributed by atoms with Crippen molar-refractivity contribution in [1.29, 1.82) is 0 Å². The molecule has 0 amide bonds. The second kappa shape index (κ2) is 8.54. The Hall–Kier alpha value is -2.93. The maximum absolute atomic E-state index is 14.3. The second-order valence-corrected chi connectivity index (χ2v) is 8.30. The van der Waals surface area contributed by atoms with Gasteiger partial charge in [0.05, 0.1) is 23.7 Å². The Morgan fingerprint density at radius 3 is 2.41 bits per heavy atom. The monoisotopic (exact) mass is 444 g/mol. The van der Waals surface area contributed by atoms with Crippen LogP contribution in [0.15, 0.2) is 66.4 Å². The van der Waals surface area contributed by atoms with Crippen molar-refractivity contribution in [2.45, 2.75) is 39.0 Å². The summed E-state index contributed by atoms with van der Waals surface area (Å²) >= 11 is 0. The highest BCUT2D eigenvalue weighted by Gasteiger charge is 2.49. The van der Waals surface area contributed by atoms with E-state index in [0.29, 0.717) is 23.6 Å². The summed E-state index contributed by atoms with van der Waals surface area (Å²) in [7, 11) is 0. The molecule has 32 heavy (non-hydrogen) atoms. The molecule has 1 aliphatic rings. The molecule has 0 aliphatic heterocycles. The highest BCUT2D eigenvalue weighted by atomic mass is 19.4. The van der Waals surface area contributed by atoms with Crippen molar-refractivity contribution in [3.05, 3.63) is 89.0 Å². The molecule has 0 bridgehead atoms. The van der Waals surface area contributed by atoms with E-state index in [1.807, 2.05) is 37.3 Å². The number of rotatable bonds is 6. The summed E-state index contributed by atoms with van der Waals surface area (Å²) in [5, 5.41) is 4.30. The molecule has 4 rings (SSSR count). The Bertz CT molecular complexity index is 1100. The fourth-order valence-corrected chi connectivity index (χ4v) is 4.45. The lowest BCUT2D eigenvalue weighted by atomic mass is 9.69. The topological polar surface area (TPSA) is 27.1 Å². The summed E-state index contributed by atoms with van der Waals surface area (Å²) in [5.41, 5.74) is 0.636. The predicted octanol–water partition coefficient (Wildman–Crippen LogP) is 6.69. The number of aromatic nitrogens is 2. The van der Waals surface area contributed by atoms with Gasteiger partial charge < -0.3 is 4.74 Å². The van der Waals surface area contributed by atoms with E-state index in [0.717, 1.165) is 5.56 Å². The third-order valence-electron chi connectivity index (χ3n) is 5.95. The Morgan fingerprint density at radius 2 is 1.78 bits per heavy atom. The molecule has 2 aromatic carbocycles. The molecule has 3 nitrogen and oxygen atoms in total. The summed E-state index contributed by atoms with van der Waals surface area (Å²) in [6, 6.07) is 14.9. The van der Waals surface area contributed by atoms with Crippen LogP contribution >= 0.6 is 0 Å². The fraction of sp³-hybridized carbons (Fsp3) is 0.320. The number of hydrogen-bond donors (Lipinski definition) is 0. The molecular weight excluding hydrogens is 420 g/mol. The van der Waals surface area contributed by atoms with E-state index < -0.39 is 29.1 Å². The van der Waals surface area contributed by atoms with Crippen LogP contribution in [0.25, 0.3) is 11.8 Å². The van der Waals surface area contributed by atoms with Crippen molar-refractivity contribution in [3.63, 3.8) is 0 Å². The Balaban J connectivity index is 1.75. The molecule has 1 aromatic heterocycles. The minimum absolute atomic E-state index is 0.172. The lowest BCUT2D eigenvalue weighted by Crippen LogP contribution is -2.35. The molecule has 0 spiro atoms. The number of halogens is 4. The molecule has 1 heterocycles. The van der Waals surface area contributed by atoms with Gasteiger partial charge in [-0.15, -0.1) is 0 Å². The summed E-state index contributed by atoms with van der Waals surface area (Å²) in [4.78, 5) is 0. The molecule has 1 aliphatic carbocycles. The first kappa shape index (κ1) is 22.3. The molecule has 0 saturated heterocycles. The first-order chi connectivity index (χ1) is 15.2. The van der Waals surface area contributed by atoms with Crippen LogP contribution in [-0.2, 0) is 11.2 Å². The van der Waals surface area contributed by atoms with Gasteiger partial charge in [0.15, 0.2) is 0 Å². The number of alkyl halides is 3. The van der Waals surface area contributed by atoms with Gasteiger partial charge in [0, 0.05) is 17.6 Å². The van der Waals surface area contributed by atoms with Gasteiger partial charge in [0.25, 0.3) is 0 Å². The standard InChI is InChI=1S/C25H24F4N2O/c1-3-32-22(17-7-5-4-6-8-17)15-24(2)14-18-16-30-31(20-11-9-19(26)10-12-20)21(18)13-23(24)25(27,28)29/h4-13,16,22H,3,14-15H2,1-2H3. The first-order valence-electron chi connectivity index (χ1n) is 10.5. The van der Waals surface area contributed by atoms with E-state index in [-0.39, 0.29) is 12.8 Å². The second-order valence-electron chi connectivity index (χ2n) is 8.30. The van der Waals surface area contributed by atoms with E-state index in [4.69, 9.17) is 4.74 Å². The van der Waals surface area contributed by atoms with Crippen molar-refractivity contribution < 1.29 is 22.3 Å². The van der Waals surface area contributed by atoms with E-state index in [1.165, 1.54) is 35.0 Å². The molecule has 0 N–H and O–H groups in total. The number of fused-ring (bicyclic) bond motifs is 1. The molecule has 2 atom stereocenters. The zero-order chi connectivity index (χ0) is 22.9. The number of nitrogens with zero attached hydrogens (tertiary/aromatic N) is 2. The van der Waals surface area contributed by atoms with Crippen LogP contribution in [0, 0.1) is 11.2 Å². The zero-order valence-corrected chi connectivity index (χ0v) is 17.9. The summed E-state index contributed by atoms with van der Waals surface area (Å²) in [5.74, 6) is -0.420. The van der Waals surface area contributed by atoms with E-state index in [1.54, 1.807) is 13.1 Å². The minimum Gasteiger partial charge on any atom is -0.374 e. The lowest BCUT2D eigenvalue weighted by Gasteiger charge is -2.39. The van der Waals surface area contributed by atoms with E-state index in [2.05, 4.69) is 5.10 Å². The van der Waals surface area contributed by atoms with Gasteiger partial charge in [-0.3, -0.25) is 0 Å². The van der Waals surface area contributed by atoms with Crippen LogP contribution < -0.4 is 0 Å². The van der Waals surface area contributed by atoms with Crippen LogP contribution in [-0.4, -0.2) is 22.6 Å². The van der Waals surface area contributed by atoms with E-state index >= 15 is 0 Å². The van der Waals surface area contributed by atoms with Gasteiger partial charge in [0.1, 0.15) is 5.82 Å². The average molecular weight is 444 g/mol. The van der Waals surface area contributed by atoms with Crippen LogP contribution in [0.1, 0.15) is 43.2 Å². The molecule has 3 aromatic rings. The quantitative estimate of drug-likeness (QED) is 0.396. The first-order valence-corrected chi connectivity index (χ1v) is 10.5. The number of benzene rings is 2. The average Bonchev–Trinajstić information content (AvgIpc) is 3.15. The van der Waals surface area contributed by atoms with Crippen LogP contribution in [0.4, 0.5) is 17.6 Å². The highest BCUT2D eigenvalue weighted by Crippen LogP contribution is 2.51. The zero-order valence-electron chi connectivity index (χ0n) is 17.9. The summed E-state index contributed by atoms with van der Waals surface area (Å²) < 4.78 is 63.4. The predicted molar refractivity (Wildman–Crippen MR) is 115 cm³/mol. The van der Waals surface area contributed by atoms with Crippen molar-refractivity contribution >= 4 is 6.08 Å². The largest absolute Gasteiger partial charge is 0.413 e. The Kier molecular flexibility index (Phi) is 5.95. The molecule has 168 valence electrons. The number of hydrogen-bond acceptors (Lipinski definition) is 2. The van der Waals surface area contributed by atoms with E-state index in [9.17, 15) is 17.6 Å². The molecule has 0 saturated carbocycles. The third-order valence-corrected chi connectivity index (χ3v) is 5.95. The fourth-order valence-electron chi connectivity index (χ4n) is 4.45. The molecular formula is C25H24F4N2O. The maximum Gasteiger partial charge on any atom is 0.413 e. The molecule has 0 radical (unpaired) electrons.